The minimum atomic E-state index is -0.437. The first-order chi connectivity index (χ1) is 11.1. The van der Waals surface area contributed by atoms with Crippen molar-refractivity contribution >= 4 is 17.5 Å². The number of carbonyl (C=O) groups excluding carboxylic acids is 1. The molecule has 0 aromatic heterocycles. The van der Waals surface area contributed by atoms with Crippen molar-refractivity contribution in [2.24, 2.45) is 5.92 Å². The molecular weight excluding hydrogens is 317 g/mol. The van der Waals surface area contributed by atoms with Crippen molar-refractivity contribution in [1.82, 2.24) is 5.32 Å². The van der Waals surface area contributed by atoms with Gasteiger partial charge in [0.15, 0.2) is 0 Å². The molecule has 1 saturated carbocycles. The minimum absolute atomic E-state index is 0.000163. The van der Waals surface area contributed by atoms with Crippen LogP contribution in [-0.2, 0) is 17.9 Å². The van der Waals surface area contributed by atoms with Crippen molar-refractivity contribution in [3.8, 4) is 0 Å². The van der Waals surface area contributed by atoms with Gasteiger partial charge in [-0.2, -0.15) is 0 Å². The number of halogens is 2. The summed E-state index contributed by atoms with van der Waals surface area (Å²) in [4.78, 5) is 12.2. The zero-order valence-corrected chi connectivity index (χ0v) is 13.2. The second-order valence-electron chi connectivity index (χ2n) is 5.80. The summed E-state index contributed by atoms with van der Waals surface area (Å²) in [6.45, 7) is -0.0230. The number of aliphatic hydroxyl groups is 1. The number of rotatable bonds is 5. The van der Waals surface area contributed by atoms with Gasteiger partial charge in [-0.25, -0.2) is 4.39 Å². The van der Waals surface area contributed by atoms with Crippen molar-refractivity contribution in [1.29, 1.82) is 0 Å². The number of aliphatic hydroxyl groups excluding tert-OH is 1. The Morgan fingerprint density at radius 2 is 2.00 bits per heavy atom. The predicted octanol–water partition coefficient (Wildman–Crippen LogP) is 3.39. The van der Waals surface area contributed by atoms with Gasteiger partial charge in [-0.15, -0.1) is 0 Å². The van der Waals surface area contributed by atoms with E-state index in [2.05, 4.69) is 5.32 Å². The van der Waals surface area contributed by atoms with Gasteiger partial charge in [0.25, 0.3) is 0 Å². The maximum atomic E-state index is 13.3. The molecule has 0 aliphatic heterocycles. The van der Waals surface area contributed by atoms with Gasteiger partial charge < -0.3 is 10.4 Å². The van der Waals surface area contributed by atoms with Crippen LogP contribution < -0.4 is 5.32 Å². The Balaban J connectivity index is 1.55. The van der Waals surface area contributed by atoms with Gasteiger partial charge in [0.1, 0.15) is 5.82 Å². The quantitative estimate of drug-likeness (QED) is 0.881. The molecule has 0 saturated heterocycles. The average molecular weight is 334 g/mol. The van der Waals surface area contributed by atoms with E-state index in [1.807, 2.05) is 24.3 Å². The molecule has 5 heteroatoms. The summed E-state index contributed by atoms with van der Waals surface area (Å²) in [5, 5.41) is 12.6. The summed E-state index contributed by atoms with van der Waals surface area (Å²) in [5.41, 5.74) is 2.13. The summed E-state index contributed by atoms with van der Waals surface area (Å²) in [7, 11) is 0. The van der Waals surface area contributed by atoms with Crippen molar-refractivity contribution in [2.45, 2.75) is 25.5 Å². The lowest BCUT2D eigenvalue weighted by atomic mass is 10.1. The number of nitrogens with one attached hydrogen (secondary N) is 1. The Morgan fingerprint density at radius 1 is 1.26 bits per heavy atom. The molecule has 1 aliphatic rings. The van der Waals surface area contributed by atoms with Crippen LogP contribution in [0.5, 0.6) is 0 Å². The van der Waals surface area contributed by atoms with E-state index in [-0.39, 0.29) is 29.9 Å². The normalized spacial score (nSPS) is 19.4. The van der Waals surface area contributed by atoms with Crippen molar-refractivity contribution < 1.29 is 14.3 Å². The fourth-order valence-electron chi connectivity index (χ4n) is 2.74. The van der Waals surface area contributed by atoms with Crippen molar-refractivity contribution in [3.63, 3.8) is 0 Å². The summed E-state index contributed by atoms with van der Waals surface area (Å²) in [5.74, 6) is -0.213. The first kappa shape index (κ1) is 16.0. The van der Waals surface area contributed by atoms with Crippen LogP contribution >= 0.6 is 11.6 Å². The molecule has 0 bridgehead atoms. The molecule has 0 radical (unpaired) electrons. The molecule has 2 unspecified atom stereocenters. The molecule has 0 spiro atoms. The summed E-state index contributed by atoms with van der Waals surface area (Å²) >= 11 is 5.87. The molecule has 2 N–H and O–H groups in total. The lowest BCUT2D eigenvalue weighted by Gasteiger charge is -2.07. The molecule has 23 heavy (non-hydrogen) atoms. The number of hydrogen-bond donors (Lipinski definition) is 2. The van der Waals surface area contributed by atoms with Gasteiger partial charge in [0.05, 0.1) is 6.61 Å². The first-order valence-electron chi connectivity index (χ1n) is 7.50. The van der Waals surface area contributed by atoms with Gasteiger partial charge >= 0.3 is 0 Å². The fraction of sp³-hybridized carbons (Fsp3) is 0.278. The van der Waals surface area contributed by atoms with Crippen LogP contribution in [-0.4, -0.2) is 11.0 Å². The number of benzene rings is 2. The molecule has 2 aromatic rings. The number of carbonyl (C=O) groups is 1. The molecule has 1 amide bonds. The SMILES string of the molecule is O=C(NCc1ccc(F)c(CO)c1)C1CC1c1ccc(Cl)cc1. The molecule has 0 heterocycles. The van der Waals surface area contributed by atoms with Crippen LogP contribution in [0.4, 0.5) is 4.39 Å². The molecule has 1 fully saturated rings. The van der Waals surface area contributed by atoms with Gasteiger partial charge in [-0.05, 0) is 47.7 Å². The van der Waals surface area contributed by atoms with E-state index in [9.17, 15) is 9.18 Å². The monoisotopic (exact) mass is 333 g/mol. The highest BCUT2D eigenvalue weighted by molar-refractivity contribution is 6.30. The maximum Gasteiger partial charge on any atom is 0.224 e. The van der Waals surface area contributed by atoms with Gasteiger partial charge in [0, 0.05) is 23.0 Å². The third-order valence-electron chi connectivity index (χ3n) is 4.17. The predicted molar refractivity (Wildman–Crippen MR) is 86.5 cm³/mol. The summed E-state index contributed by atoms with van der Waals surface area (Å²) in [6.07, 6.45) is 0.832. The smallest absolute Gasteiger partial charge is 0.224 e. The zero-order chi connectivity index (χ0) is 16.4. The van der Waals surface area contributed by atoms with E-state index in [1.54, 1.807) is 12.1 Å². The van der Waals surface area contributed by atoms with Crippen LogP contribution in [0.1, 0.15) is 29.0 Å². The summed E-state index contributed by atoms with van der Waals surface area (Å²) in [6, 6.07) is 12.1. The highest BCUT2D eigenvalue weighted by Gasteiger charge is 2.43. The van der Waals surface area contributed by atoms with E-state index in [1.165, 1.54) is 6.07 Å². The van der Waals surface area contributed by atoms with Gasteiger partial charge in [-0.1, -0.05) is 29.8 Å². The number of amides is 1. The number of hydrogen-bond acceptors (Lipinski definition) is 2. The van der Waals surface area contributed by atoms with E-state index in [4.69, 9.17) is 16.7 Å². The maximum absolute atomic E-state index is 13.3. The first-order valence-corrected chi connectivity index (χ1v) is 7.87. The van der Waals surface area contributed by atoms with E-state index < -0.39 is 5.82 Å². The Kier molecular flexibility index (Phi) is 4.64. The van der Waals surface area contributed by atoms with Crippen LogP contribution in [0.25, 0.3) is 0 Å². The topological polar surface area (TPSA) is 49.3 Å². The molecular formula is C18H17ClFNO2. The molecule has 2 atom stereocenters. The highest BCUT2D eigenvalue weighted by atomic mass is 35.5. The third kappa shape index (κ3) is 3.71. The fourth-order valence-corrected chi connectivity index (χ4v) is 2.87. The Labute approximate surface area is 139 Å². The summed E-state index contributed by atoms with van der Waals surface area (Å²) < 4.78 is 13.3. The van der Waals surface area contributed by atoms with E-state index in [0.717, 1.165) is 17.5 Å². The van der Waals surface area contributed by atoms with Crippen LogP contribution in [0.2, 0.25) is 5.02 Å². The molecule has 3 rings (SSSR count). The van der Waals surface area contributed by atoms with E-state index in [0.29, 0.717) is 11.6 Å². The van der Waals surface area contributed by atoms with E-state index >= 15 is 0 Å². The van der Waals surface area contributed by atoms with Crippen LogP contribution in [0.15, 0.2) is 42.5 Å². The van der Waals surface area contributed by atoms with Crippen molar-refractivity contribution in [2.75, 3.05) is 0 Å². The van der Waals surface area contributed by atoms with Crippen molar-refractivity contribution in [3.05, 3.63) is 70.0 Å². The standard InChI is InChI=1S/C18H17ClFNO2/c19-14-4-2-12(3-5-14)15-8-16(15)18(23)21-9-11-1-6-17(20)13(7-11)10-22/h1-7,15-16,22H,8-10H2,(H,21,23). The van der Waals surface area contributed by atoms with Crippen LogP contribution in [0, 0.1) is 11.7 Å². The molecule has 2 aromatic carbocycles. The second kappa shape index (κ2) is 6.69. The van der Waals surface area contributed by atoms with Gasteiger partial charge in [-0.3, -0.25) is 4.79 Å². The second-order valence-corrected chi connectivity index (χ2v) is 6.24. The third-order valence-corrected chi connectivity index (χ3v) is 4.42. The Bertz CT molecular complexity index is 717. The lowest BCUT2D eigenvalue weighted by molar-refractivity contribution is -0.122. The van der Waals surface area contributed by atoms with Crippen LogP contribution in [0.3, 0.4) is 0 Å². The Morgan fingerprint density at radius 3 is 2.70 bits per heavy atom. The zero-order valence-electron chi connectivity index (χ0n) is 12.4. The highest BCUT2D eigenvalue weighted by Crippen LogP contribution is 2.47. The molecule has 1 aliphatic carbocycles. The molecule has 120 valence electrons. The lowest BCUT2D eigenvalue weighted by Crippen LogP contribution is -2.25. The average Bonchev–Trinajstić information content (AvgIpc) is 3.35. The van der Waals surface area contributed by atoms with Gasteiger partial charge in [0.2, 0.25) is 5.91 Å². The Hall–Kier alpha value is -1.91. The molecule has 3 nitrogen and oxygen atoms in total. The largest absolute Gasteiger partial charge is 0.392 e. The minimum Gasteiger partial charge on any atom is -0.392 e.